The lowest BCUT2D eigenvalue weighted by Gasteiger charge is -2.08. The van der Waals surface area contributed by atoms with Crippen LogP contribution >= 0.6 is 0 Å². The van der Waals surface area contributed by atoms with Crippen LogP contribution < -0.4 is 5.32 Å². The van der Waals surface area contributed by atoms with Crippen molar-refractivity contribution in [1.82, 2.24) is 9.78 Å². The van der Waals surface area contributed by atoms with Crippen LogP contribution in [0.3, 0.4) is 0 Å². The summed E-state index contributed by atoms with van der Waals surface area (Å²) in [4.78, 5) is 11.9. The van der Waals surface area contributed by atoms with Crippen LogP contribution in [-0.4, -0.2) is 15.7 Å². The van der Waals surface area contributed by atoms with E-state index in [0.29, 0.717) is 0 Å². The smallest absolute Gasteiger partial charge is 0.322 e. The van der Waals surface area contributed by atoms with Gasteiger partial charge in [-0.1, -0.05) is 0 Å². The number of aromatic nitrogens is 2. The summed E-state index contributed by atoms with van der Waals surface area (Å²) in [6.45, 7) is 1.34. The predicted molar refractivity (Wildman–Crippen MR) is 67.6 cm³/mol. The number of carbonyl (C=O) groups excluding carboxylic acids is 1. The molecule has 0 unspecified atom stereocenters. The zero-order chi connectivity index (χ0) is 18.3. The topological polar surface area (TPSA) is 46.9 Å². The highest BCUT2D eigenvalue weighted by Gasteiger charge is 2.43. The van der Waals surface area contributed by atoms with Gasteiger partial charge in [-0.05, 0) is 30.7 Å². The Morgan fingerprint density at radius 2 is 1.79 bits per heavy atom. The van der Waals surface area contributed by atoms with E-state index >= 15 is 0 Å². The van der Waals surface area contributed by atoms with E-state index < -0.39 is 40.1 Å². The number of benzene rings is 1. The molecule has 0 radical (unpaired) electrons. The van der Waals surface area contributed by atoms with Crippen LogP contribution in [0, 0.1) is 12.7 Å². The molecule has 0 fully saturated rings. The van der Waals surface area contributed by atoms with Gasteiger partial charge in [-0.3, -0.25) is 4.79 Å². The molecule has 0 atom stereocenters. The van der Waals surface area contributed by atoms with Gasteiger partial charge in [0.05, 0.1) is 5.56 Å². The van der Waals surface area contributed by atoms with Gasteiger partial charge in [0.25, 0.3) is 5.91 Å². The summed E-state index contributed by atoms with van der Waals surface area (Å²) in [5.41, 5.74) is -3.26. The summed E-state index contributed by atoms with van der Waals surface area (Å²) in [7, 11) is 0. The number of aryl methyl sites for hydroxylation is 1. The predicted octanol–water partition coefficient (Wildman–Crippen LogP) is 4.08. The molecule has 1 amide bonds. The number of carbonyl (C=O) groups is 1. The lowest BCUT2D eigenvalue weighted by molar-refractivity contribution is -0.214. The number of halogens is 7. The van der Waals surface area contributed by atoms with Gasteiger partial charge in [0.2, 0.25) is 0 Å². The van der Waals surface area contributed by atoms with Gasteiger partial charge < -0.3 is 5.32 Å². The summed E-state index contributed by atoms with van der Waals surface area (Å²) in [6.07, 6.45) is -10.5. The van der Waals surface area contributed by atoms with Crippen molar-refractivity contribution in [3.63, 3.8) is 0 Å². The van der Waals surface area contributed by atoms with Crippen LogP contribution in [0.4, 0.5) is 36.4 Å². The van der Waals surface area contributed by atoms with Crippen molar-refractivity contribution < 1.29 is 35.5 Å². The molecule has 11 heteroatoms. The average molecular weight is 355 g/mol. The average Bonchev–Trinajstić information content (AvgIpc) is 2.88. The summed E-state index contributed by atoms with van der Waals surface area (Å²) in [6, 6.07) is 3.13. The third kappa shape index (κ3) is 3.66. The fourth-order valence-electron chi connectivity index (χ4n) is 1.80. The van der Waals surface area contributed by atoms with Crippen molar-refractivity contribution in [2.24, 2.45) is 0 Å². The van der Waals surface area contributed by atoms with Crippen LogP contribution in [0.2, 0.25) is 0 Å². The van der Waals surface area contributed by atoms with E-state index in [1.165, 1.54) is 6.92 Å². The Labute approximate surface area is 129 Å². The molecule has 1 heterocycles. The minimum absolute atomic E-state index is 0.0610. The maximum absolute atomic E-state index is 13.1. The molecule has 0 aliphatic carbocycles. The quantitative estimate of drug-likeness (QED) is 0.826. The lowest BCUT2D eigenvalue weighted by atomic mass is 10.2. The Hall–Kier alpha value is -2.59. The molecule has 24 heavy (non-hydrogen) atoms. The molecular formula is C13H8F7N3O. The second kappa shape index (κ2) is 5.80. The molecular weight excluding hydrogens is 347 g/mol. The molecule has 2 rings (SSSR count). The number of nitrogens with one attached hydrogen (secondary N) is 1. The Bertz CT molecular complexity index is 777. The van der Waals surface area contributed by atoms with Crippen LogP contribution in [0.1, 0.15) is 21.6 Å². The SMILES string of the molecule is Cc1cc(NC(=O)c2cn(C(F)(F)F)nc2C(F)(F)F)ccc1F. The van der Waals surface area contributed by atoms with Crippen molar-refractivity contribution in [1.29, 1.82) is 0 Å². The van der Waals surface area contributed by atoms with E-state index in [-0.39, 0.29) is 17.4 Å². The van der Waals surface area contributed by atoms with E-state index in [1.54, 1.807) is 0 Å². The van der Waals surface area contributed by atoms with Gasteiger partial charge in [0.1, 0.15) is 5.82 Å². The summed E-state index contributed by atoms with van der Waals surface area (Å²) in [5.74, 6) is -2.07. The first-order valence-electron chi connectivity index (χ1n) is 6.21. The van der Waals surface area contributed by atoms with Crippen LogP contribution in [0.15, 0.2) is 24.4 Å². The summed E-state index contributed by atoms with van der Waals surface area (Å²) in [5, 5.41) is 4.37. The van der Waals surface area contributed by atoms with Crippen molar-refractivity contribution in [3.05, 3.63) is 47.0 Å². The third-order valence-corrected chi connectivity index (χ3v) is 2.90. The number of amides is 1. The minimum atomic E-state index is -5.26. The van der Waals surface area contributed by atoms with Crippen molar-refractivity contribution in [2.75, 3.05) is 5.32 Å². The second-order valence-electron chi connectivity index (χ2n) is 4.72. The van der Waals surface area contributed by atoms with Gasteiger partial charge in [0.15, 0.2) is 5.69 Å². The molecule has 1 aromatic carbocycles. The van der Waals surface area contributed by atoms with E-state index in [2.05, 4.69) is 5.10 Å². The van der Waals surface area contributed by atoms with Gasteiger partial charge in [-0.2, -0.15) is 23.0 Å². The fourth-order valence-corrected chi connectivity index (χ4v) is 1.80. The standard InChI is InChI=1S/C13H8F7N3O/c1-6-4-7(2-3-9(6)14)21-11(24)8-5-23(13(18,19)20)22-10(8)12(15,16)17/h2-5H,1H3,(H,21,24). The molecule has 130 valence electrons. The zero-order valence-corrected chi connectivity index (χ0v) is 11.8. The number of rotatable bonds is 2. The molecule has 0 spiro atoms. The third-order valence-electron chi connectivity index (χ3n) is 2.90. The number of nitrogens with zero attached hydrogens (tertiary/aromatic N) is 2. The number of hydrogen-bond acceptors (Lipinski definition) is 2. The number of anilines is 1. The van der Waals surface area contributed by atoms with Crippen molar-refractivity contribution in [3.8, 4) is 0 Å². The summed E-state index contributed by atoms with van der Waals surface area (Å²) < 4.78 is 88.1. The van der Waals surface area contributed by atoms with E-state index in [1.807, 2.05) is 5.32 Å². The first kappa shape index (κ1) is 17.8. The second-order valence-corrected chi connectivity index (χ2v) is 4.72. The monoisotopic (exact) mass is 355 g/mol. The molecule has 1 N–H and O–H groups in total. The maximum Gasteiger partial charge on any atom is 0.504 e. The van der Waals surface area contributed by atoms with Gasteiger partial charge >= 0.3 is 12.5 Å². The van der Waals surface area contributed by atoms with Gasteiger partial charge in [0, 0.05) is 11.9 Å². The Morgan fingerprint density at radius 3 is 2.29 bits per heavy atom. The molecule has 1 aromatic heterocycles. The molecule has 0 aliphatic heterocycles. The largest absolute Gasteiger partial charge is 0.504 e. The van der Waals surface area contributed by atoms with Gasteiger partial charge in [-0.15, -0.1) is 13.2 Å². The van der Waals surface area contributed by atoms with E-state index in [0.717, 1.165) is 18.2 Å². The number of alkyl halides is 6. The maximum atomic E-state index is 13.1. The van der Waals surface area contributed by atoms with Crippen LogP contribution in [0.25, 0.3) is 0 Å². The fraction of sp³-hybridized carbons (Fsp3) is 0.231. The van der Waals surface area contributed by atoms with Gasteiger partial charge in [-0.25, -0.2) is 4.39 Å². The Morgan fingerprint density at radius 1 is 1.17 bits per heavy atom. The molecule has 0 saturated carbocycles. The molecule has 4 nitrogen and oxygen atoms in total. The molecule has 2 aromatic rings. The lowest BCUT2D eigenvalue weighted by Crippen LogP contribution is -2.19. The molecule has 0 bridgehead atoms. The Kier molecular flexibility index (Phi) is 4.29. The summed E-state index contributed by atoms with van der Waals surface area (Å²) >= 11 is 0. The van der Waals surface area contributed by atoms with Crippen molar-refractivity contribution >= 4 is 11.6 Å². The Balaban J connectivity index is 2.40. The van der Waals surface area contributed by atoms with E-state index in [9.17, 15) is 35.5 Å². The van der Waals surface area contributed by atoms with Crippen molar-refractivity contribution in [2.45, 2.75) is 19.4 Å². The highest BCUT2D eigenvalue weighted by molar-refractivity contribution is 6.05. The zero-order valence-electron chi connectivity index (χ0n) is 11.8. The number of hydrogen-bond donors (Lipinski definition) is 1. The molecule has 0 aliphatic rings. The van der Waals surface area contributed by atoms with Crippen LogP contribution in [-0.2, 0) is 12.5 Å². The first-order valence-corrected chi connectivity index (χ1v) is 6.21. The molecule has 0 saturated heterocycles. The normalized spacial score (nSPS) is 12.3. The highest BCUT2D eigenvalue weighted by atomic mass is 19.4. The van der Waals surface area contributed by atoms with Crippen LogP contribution in [0.5, 0.6) is 0 Å². The first-order chi connectivity index (χ1) is 10.9. The minimum Gasteiger partial charge on any atom is -0.322 e. The van der Waals surface area contributed by atoms with E-state index in [4.69, 9.17) is 0 Å². The highest BCUT2D eigenvalue weighted by Crippen LogP contribution is 2.33.